The van der Waals surface area contributed by atoms with E-state index in [4.69, 9.17) is 23.2 Å². The Morgan fingerprint density at radius 1 is 1.24 bits per heavy atom. The number of aromatic nitrogens is 2. The van der Waals surface area contributed by atoms with Gasteiger partial charge < -0.3 is 4.57 Å². The summed E-state index contributed by atoms with van der Waals surface area (Å²) in [6, 6.07) is 13.9. The maximum absolute atomic E-state index is 6.30. The van der Waals surface area contributed by atoms with Gasteiger partial charge in [0.2, 0.25) is 0 Å². The molecular formula is C16H13BrCl2N2. The Bertz CT molecular complexity index is 796. The van der Waals surface area contributed by atoms with Gasteiger partial charge in [0.1, 0.15) is 5.82 Å². The van der Waals surface area contributed by atoms with Gasteiger partial charge in [-0.15, -0.1) is 11.6 Å². The van der Waals surface area contributed by atoms with Crippen molar-refractivity contribution in [1.82, 2.24) is 9.55 Å². The number of nitrogens with zero attached hydrogens (tertiary/aromatic N) is 2. The van der Waals surface area contributed by atoms with Gasteiger partial charge in [0, 0.05) is 16.0 Å². The zero-order valence-corrected chi connectivity index (χ0v) is 14.5. The summed E-state index contributed by atoms with van der Waals surface area (Å²) in [7, 11) is 0. The predicted octanol–water partition coefficient (Wildman–Crippen LogP) is 5.80. The number of hydrogen-bond acceptors (Lipinski definition) is 1. The lowest BCUT2D eigenvalue weighted by atomic mass is 10.2. The Labute approximate surface area is 141 Å². The third-order valence-electron chi connectivity index (χ3n) is 3.33. The molecule has 2 aromatic carbocycles. The molecule has 21 heavy (non-hydrogen) atoms. The highest BCUT2D eigenvalue weighted by atomic mass is 79.9. The van der Waals surface area contributed by atoms with Crippen molar-refractivity contribution in [2.75, 3.05) is 0 Å². The largest absolute Gasteiger partial charge is 0.322 e. The molecule has 0 aliphatic rings. The Balaban J connectivity index is 2.13. The maximum atomic E-state index is 6.30. The molecule has 1 aromatic heterocycles. The van der Waals surface area contributed by atoms with Crippen LogP contribution < -0.4 is 0 Å². The fraction of sp³-hybridized carbons (Fsp3) is 0.188. The molecule has 1 unspecified atom stereocenters. The molecule has 0 spiro atoms. The van der Waals surface area contributed by atoms with Crippen molar-refractivity contribution < 1.29 is 0 Å². The van der Waals surface area contributed by atoms with Gasteiger partial charge in [-0.1, -0.05) is 39.7 Å². The zero-order chi connectivity index (χ0) is 15.0. The second kappa shape index (κ2) is 5.99. The van der Waals surface area contributed by atoms with Crippen LogP contribution in [0, 0.1) is 0 Å². The van der Waals surface area contributed by atoms with Crippen molar-refractivity contribution in [1.29, 1.82) is 0 Å². The minimum atomic E-state index is -0.157. The standard InChI is InChI=1S/C16H13BrCl2N2/c1-10(18)16-20-14-8-12(17)5-6-15(14)21(16)9-11-3-2-4-13(19)7-11/h2-8,10H,9H2,1H3. The SMILES string of the molecule is CC(Cl)c1nc2cc(Br)ccc2n1Cc1cccc(Cl)c1. The fourth-order valence-electron chi connectivity index (χ4n) is 2.41. The first kappa shape index (κ1) is 14.9. The zero-order valence-electron chi connectivity index (χ0n) is 11.4. The van der Waals surface area contributed by atoms with Gasteiger partial charge in [0.15, 0.2) is 0 Å². The third-order valence-corrected chi connectivity index (χ3v) is 4.25. The van der Waals surface area contributed by atoms with Crippen LogP contribution in [0.4, 0.5) is 0 Å². The van der Waals surface area contributed by atoms with E-state index in [9.17, 15) is 0 Å². The van der Waals surface area contributed by atoms with E-state index in [1.807, 2.05) is 37.3 Å². The van der Waals surface area contributed by atoms with E-state index in [0.717, 1.165) is 31.9 Å². The van der Waals surface area contributed by atoms with Gasteiger partial charge in [-0.25, -0.2) is 4.98 Å². The van der Waals surface area contributed by atoms with Crippen LogP contribution in [0.25, 0.3) is 11.0 Å². The summed E-state index contributed by atoms with van der Waals surface area (Å²) < 4.78 is 3.15. The topological polar surface area (TPSA) is 17.8 Å². The van der Waals surface area contributed by atoms with Gasteiger partial charge in [-0.3, -0.25) is 0 Å². The summed E-state index contributed by atoms with van der Waals surface area (Å²) >= 11 is 15.8. The van der Waals surface area contributed by atoms with Crippen LogP contribution in [0.15, 0.2) is 46.9 Å². The molecule has 5 heteroatoms. The molecule has 3 rings (SSSR count). The van der Waals surface area contributed by atoms with Crippen LogP contribution >= 0.6 is 39.1 Å². The van der Waals surface area contributed by atoms with Gasteiger partial charge >= 0.3 is 0 Å². The molecule has 0 radical (unpaired) electrons. The average Bonchev–Trinajstić information content (AvgIpc) is 2.77. The van der Waals surface area contributed by atoms with Crippen LogP contribution in [0.2, 0.25) is 5.02 Å². The number of fused-ring (bicyclic) bond motifs is 1. The summed E-state index contributed by atoms with van der Waals surface area (Å²) in [6.07, 6.45) is 0. The molecule has 1 heterocycles. The highest BCUT2D eigenvalue weighted by Crippen LogP contribution is 2.27. The highest BCUT2D eigenvalue weighted by molar-refractivity contribution is 9.10. The molecule has 0 fully saturated rings. The Morgan fingerprint density at radius 2 is 2.05 bits per heavy atom. The van der Waals surface area contributed by atoms with Crippen LogP contribution in [0.5, 0.6) is 0 Å². The molecular weight excluding hydrogens is 371 g/mol. The summed E-state index contributed by atoms with van der Waals surface area (Å²) in [6.45, 7) is 2.64. The lowest BCUT2D eigenvalue weighted by Crippen LogP contribution is -2.05. The van der Waals surface area contributed by atoms with Crippen LogP contribution in [0.1, 0.15) is 23.7 Å². The summed E-state index contributed by atoms with van der Waals surface area (Å²) in [5.74, 6) is 0.866. The van der Waals surface area contributed by atoms with Gasteiger partial charge in [0.25, 0.3) is 0 Å². The van der Waals surface area contributed by atoms with Crippen molar-refractivity contribution in [3.8, 4) is 0 Å². The molecule has 0 saturated heterocycles. The van der Waals surface area contributed by atoms with Crippen molar-refractivity contribution >= 4 is 50.2 Å². The first-order valence-corrected chi connectivity index (χ1v) is 8.19. The Morgan fingerprint density at radius 3 is 2.76 bits per heavy atom. The molecule has 0 aliphatic heterocycles. The van der Waals surface area contributed by atoms with Gasteiger partial charge in [-0.2, -0.15) is 0 Å². The number of halogens is 3. The third kappa shape index (κ3) is 3.10. The normalized spacial score (nSPS) is 12.8. The van der Waals surface area contributed by atoms with E-state index in [1.165, 1.54) is 0 Å². The smallest absolute Gasteiger partial charge is 0.128 e. The first-order chi connectivity index (χ1) is 10.0. The quantitative estimate of drug-likeness (QED) is 0.522. The summed E-state index contributed by atoms with van der Waals surface area (Å²) in [5.41, 5.74) is 3.14. The average molecular weight is 384 g/mol. The minimum absolute atomic E-state index is 0.157. The molecule has 0 N–H and O–H groups in total. The number of imidazole rings is 1. The lowest BCUT2D eigenvalue weighted by molar-refractivity contribution is 0.742. The van der Waals surface area contributed by atoms with E-state index in [2.05, 4.69) is 37.6 Å². The summed E-state index contributed by atoms with van der Waals surface area (Å²) in [4.78, 5) is 4.66. The van der Waals surface area contributed by atoms with Crippen molar-refractivity contribution in [3.05, 3.63) is 63.3 Å². The second-order valence-corrected chi connectivity index (χ2v) is 6.94. The molecule has 1 atom stereocenters. The minimum Gasteiger partial charge on any atom is -0.322 e. The van der Waals surface area contributed by atoms with Crippen molar-refractivity contribution in [2.24, 2.45) is 0 Å². The van der Waals surface area contributed by atoms with E-state index in [0.29, 0.717) is 6.54 Å². The van der Waals surface area contributed by atoms with Crippen molar-refractivity contribution in [3.63, 3.8) is 0 Å². The number of hydrogen-bond donors (Lipinski definition) is 0. The molecule has 0 amide bonds. The lowest BCUT2D eigenvalue weighted by Gasteiger charge is -2.11. The maximum Gasteiger partial charge on any atom is 0.128 e. The second-order valence-electron chi connectivity index (χ2n) is 4.94. The highest BCUT2D eigenvalue weighted by Gasteiger charge is 2.15. The monoisotopic (exact) mass is 382 g/mol. The molecule has 3 aromatic rings. The van der Waals surface area contributed by atoms with Crippen LogP contribution in [-0.2, 0) is 6.54 Å². The van der Waals surface area contributed by atoms with E-state index < -0.39 is 0 Å². The fourth-order valence-corrected chi connectivity index (χ4v) is 3.14. The number of benzene rings is 2. The molecule has 0 aliphatic carbocycles. The Hall–Kier alpha value is -1.03. The molecule has 108 valence electrons. The first-order valence-electron chi connectivity index (χ1n) is 6.59. The van der Waals surface area contributed by atoms with E-state index >= 15 is 0 Å². The molecule has 0 saturated carbocycles. The predicted molar refractivity (Wildman–Crippen MR) is 92.3 cm³/mol. The molecule has 0 bridgehead atoms. The summed E-state index contributed by atoms with van der Waals surface area (Å²) in [5, 5.41) is 0.579. The van der Waals surface area contributed by atoms with Crippen LogP contribution in [0.3, 0.4) is 0 Å². The van der Waals surface area contributed by atoms with Gasteiger partial charge in [-0.05, 0) is 42.8 Å². The number of rotatable bonds is 3. The van der Waals surface area contributed by atoms with E-state index in [-0.39, 0.29) is 5.38 Å². The molecule has 2 nitrogen and oxygen atoms in total. The van der Waals surface area contributed by atoms with E-state index in [1.54, 1.807) is 0 Å². The Kier molecular flexibility index (Phi) is 4.25. The van der Waals surface area contributed by atoms with Gasteiger partial charge in [0.05, 0.1) is 16.4 Å². The number of alkyl halides is 1. The van der Waals surface area contributed by atoms with Crippen LogP contribution in [-0.4, -0.2) is 9.55 Å². The van der Waals surface area contributed by atoms with Crippen molar-refractivity contribution in [2.45, 2.75) is 18.8 Å².